The third kappa shape index (κ3) is 6.19. The second-order valence-electron chi connectivity index (χ2n) is 5.37. The molecule has 26 heavy (non-hydrogen) atoms. The van der Waals surface area contributed by atoms with Crippen LogP contribution in [0.2, 0.25) is 5.02 Å². The van der Waals surface area contributed by atoms with Crippen LogP contribution in [-0.2, 0) is 14.8 Å². The Hall–Kier alpha value is -1.77. The van der Waals surface area contributed by atoms with E-state index in [1.807, 2.05) is 12.1 Å². The first-order valence-corrected chi connectivity index (χ1v) is 10.9. The highest BCUT2D eigenvalue weighted by molar-refractivity contribution is 7.99. The molecule has 9 heteroatoms. The molecule has 0 bridgehead atoms. The molecule has 0 aliphatic rings. The van der Waals surface area contributed by atoms with Crippen molar-refractivity contribution in [1.82, 2.24) is 5.32 Å². The highest BCUT2D eigenvalue weighted by Gasteiger charge is 2.23. The van der Waals surface area contributed by atoms with Crippen molar-refractivity contribution < 1.29 is 17.6 Å². The first kappa shape index (κ1) is 20.5. The van der Waals surface area contributed by atoms with Gasteiger partial charge in [0.15, 0.2) is 0 Å². The van der Waals surface area contributed by atoms with Crippen LogP contribution in [0.3, 0.4) is 0 Å². The molecule has 0 aliphatic heterocycles. The molecule has 1 N–H and O–H groups in total. The van der Waals surface area contributed by atoms with Gasteiger partial charge in [-0.1, -0.05) is 23.7 Å². The number of nitrogens with zero attached hydrogens (tertiary/aromatic N) is 1. The van der Waals surface area contributed by atoms with Crippen molar-refractivity contribution in [2.24, 2.45) is 0 Å². The van der Waals surface area contributed by atoms with E-state index in [4.69, 9.17) is 11.6 Å². The van der Waals surface area contributed by atoms with Crippen LogP contribution in [0, 0.1) is 5.82 Å². The largest absolute Gasteiger partial charge is 0.354 e. The van der Waals surface area contributed by atoms with Gasteiger partial charge in [-0.05, 0) is 36.4 Å². The third-order valence-electron chi connectivity index (χ3n) is 3.32. The zero-order valence-electron chi connectivity index (χ0n) is 14.0. The summed E-state index contributed by atoms with van der Waals surface area (Å²) in [5.74, 6) is -0.606. The second-order valence-corrected chi connectivity index (χ2v) is 8.88. The van der Waals surface area contributed by atoms with Gasteiger partial charge in [-0.25, -0.2) is 12.8 Å². The van der Waals surface area contributed by atoms with E-state index in [2.05, 4.69) is 5.32 Å². The normalized spacial score (nSPS) is 11.2. The number of thioether (sulfide) groups is 1. The number of anilines is 1. The summed E-state index contributed by atoms with van der Waals surface area (Å²) in [7, 11) is -3.80. The Kier molecular flexibility index (Phi) is 7.31. The molecule has 0 heterocycles. The summed E-state index contributed by atoms with van der Waals surface area (Å²) in [6.45, 7) is -0.133. The number of nitrogens with one attached hydrogen (secondary N) is 1. The average Bonchev–Trinajstić information content (AvgIpc) is 2.58. The summed E-state index contributed by atoms with van der Waals surface area (Å²) in [4.78, 5) is 13.1. The number of carbonyl (C=O) groups excluding carboxylic acids is 1. The number of hydrogen-bond acceptors (Lipinski definition) is 4. The lowest BCUT2D eigenvalue weighted by molar-refractivity contribution is -0.119. The predicted molar refractivity (Wildman–Crippen MR) is 104 cm³/mol. The van der Waals surface area contributed by atoms with Crippen molar-refractivity contribution in [2.45, 2.75) is 4.90 Å². The van der Waals surface area contributed by atoms with Gasteiger partial charge in [0.2, 0.25) is 15.9 Å². The molecule has 5 nitrogen and oxygen atoms in total. The topological polar surface area (TPSA) is 66.5 Å². The Bertz CT molecular complexity index is 861. The summed E-state index contributed by atoms with van der Waals surface area (Å²) in [6, 6.07) is 12.7. The van der Waals surface area contributed by atoms with E-state index in [9.17, 15) is 17.6 Å². The van der Waals surface area contributed by atoms with Gasteiger partial charge in [0.25, 0.3) is 0 Å². The van der Waals surface area contributed by atoms with Crippen molar-refractivity contribution in [3.8, 4) is 0 Å². The molecule has 0 saturated heterocycles. The van der Waals surface area contributed by atoms with Crippen molar-refractivity contribution in [3.05, 3.63) is 59.4 Å². The molecule has 0 saturated carbocycles. The van der Waals surface area contributed by atoms with E-state index in [1.165, 1.54) is 30.0 Å². The molecule has 0 aromatic heterocycles. The smallest absolute Gasteiger partial charge is 0.240 e. The zero-order valence-corrected chi connectivity index (χ0v) is 16.4. The third-order valence-corrected chi connectivity index (χ3v) is 5.71. The first-order chi connectivity index (χ1) is 12.3. The average molecular weight is 417 g/mol. The summed E-state index contributed by atoms with van der Waals surface area (Å²) in [5, 5.41) is 3.29. The monoisotopic (exact) mass is 416 g/mol. The summed E-state index contributed by atoms with van der Waals surface area (Å²) in [6.07, 6.45) is 0.934. The van der Waals surface area contributed by atoms with Gasteiger partial charge < -0.3 is 5.32 Å². The van der Waals surface area contributed by atoms with Crippen molar-refractivity contribution in [2.75, 3.05) is 29.4 Å². The van der Waals surface area contributed by atoms with Crippen LogP contribution in [0.15, 0.2) is 53.4 Å². The molecule has 0 spiro atoms. The highest BCUT2D eigenvalue weighted by atomic mass is 35.5. The second kappa shape index (κ2) is 9.25. The number of halogens is 2. The van der Waals surface area contributed by atoms with E-state index in [-0.39, 0.29) is 5.69 Å². The zero-order chi connectivity index (χ0) is 19.2. The van der Waals surface area contributed by atoms with Gasteiger partial charge in [0.05, 0.1) is 11.9 Å². The summed E-state index contributed by atoms with van der Waals surface area (Å²) in [5.41, 5.74) is -0.152. The molecule has 2 aromatic carbocycles. The van der Waals surface area contributed by atoms with Gasteiger partial charge in [-0.2, -0.15) is 0 Å². The molecule has 0 atom stereocenters. The SMILES string of the molecule is CS(=O)(=O)N(CC(=O)NCCSc1ccc(Cl)cc1)c1ccccc1F. The van der Waals surface area contributed by atoms with Crippen LogP contribution in [0.1, 0.15) is 0 Å². The van der Waals surface area contributed by atoms with Crippen molar-refractivity contribution in [1.29, 1.82) is 0 Å². The molecule has 2 aromatic rings. The maximum atomic E-state index is 13.9. The van der Waals surface area contributed by atoms with Crippen LogP contribution in [-0.4, -0.2) is 39.4 Å². The lowest BCUT2D eigenvalue weighted by atomic mass is 10.3. The number of para-hydroxylation sites is 1. The minimum absolute atomic E-state index is 0.152. The standard InChI is InChI=1S/C17H18ClFN2O3S2/c1-26(23,24)21(16-5-3-2-4-15(16)19)12-17(22)20-10-11-25-14-8-6-13(18)7-9-14/h2-9H,10-12H2,1H3,(H,20,22). The molecule has 0 aliphatic carbocycles. The number of carbonyl (C=O) groups is 1. The van der Waals surface area contributed by atoms with Gasteiger partial charge in [0.1, 0.15) is 12.4 Å². The van der Waals surface area contributed by atoms with Gasteiger partial charge in [-0.15, -0.1) is 11.8 Å². The van der Waals surface area contributed by atoms with Crippen molar-refractivity contribution >= 4 is 45.0 Å². The van der Waals surface area contributed by atoms with Crippen LogP contribution in [0.4, 0.5) is 10.1 Å². The Labute approximate surface area is 161 Å². The first-order valence-electron chi connectivity index (χ1n) is 7.64. The Morgan fingerprint density at radius 2 is 1.85 bits per heavy atom. The van der Waals surface area contributed by atoms with E-state index >= 15 is 0 Å². The number of amides is 1. The minimum atomic E-state index is -3.80. The Morgan fingerprint density at radius 3 is 2.46 bits per heavy atom. The Balaban J connectivity index is 1.89. The van der Waals surface area contributed by atoms with E-state index in [0.29, 0.717) is 17.3 Å². The number of rotatable bonds is 8. The molecular weight excluding hydrogens is 399 g/mol. The number of hydrogen-bond donors (Lipinski definition) is 1. The maximum Gasteiger partial charge on any atom is 0.240 e. The van der Waals surface area contributed by atoms with Crippen LogP contribution in [0.5, 0.6) is 0 Å². The van der Waals surface area contributed by atoms with Crippen molar-refractivity contribution in [3.63, 3.8) is 0 Å². The summed E-state index contributed by atoms with van der Waals surface area (Å²) >= 11 is 7.34. The van der Waals surface area contributed by atoms with Gasteiger partial charge in [0, 0.05) is 22.2 Å². The van der Waals surface area contributed by atoms with E-state index in [0.717, 1.165) is 21.5 Å². The molecule has 1 amide bonds. The summed E-state index contributed by atoms with van der Waals surface area (Å²) < 4.78 is 38.5. The van der Waals surface area contributed by atoms with Gasteiger partial charge in [-0.3, -0.25) is 9.10 Å². The minimum Gasteiger partial charge on any atom is -0.354 e. The lowest BCUT2D eigenvalue weighted by Crippen LogP contribution is -2.41. The quantitative estimate of drug-likeness (QED) is 0.530. The van der Waals surface area contributed by atoms with Crippen LogP contribution in [0.25, 0.3) is 0 Å². The fourth-order valence-corrected chi connectivity index (χ4v) is 3.86. The number of benzene rings is 2. The van der Waals surface area contributed by atoms with Gasteiger partial charge >= 0.3 is 0 Å². The predicted octanol–water partition coefficient (Wildman–Crippen LogP) is 3.15. The van der Waals surface area contributed by atoms with Crippen LogP contribution >= 0.6 is 23.4 Å². The number of sulfonamides is 1. The Morgan fingerprint density at radius 1 is 1.19 bits per heavy atom. The molecular formula is C17H18ClFN2O3S2. The fraction of sp³-hybridized carbons (Fsp3) is 0.235. The molecule has 2 rings (SSSR count). The van der Waals surface area contributed by atoms with E-state index in [1.54, 1.807) is 12.1 Å². The van der Waals surface area contributed by atoms with Crippen LogP contribution < -0.4 is 9.62 Å². The fourth-order valence-electron chi connectivity index (χ4n) is 2.11. The maximum absolute atomic E-state index is 13.9. The highest BCUT2D eigenvalue weighted by Crippen LogP contribution is 2.21. The molecule has 0 radical (unpaired) electrons. The molecule has 0 fully saturated rings. The lowest BCUT2D eigenvalue weighted by Gasteiger charge is -2.22. The molecule has 0 unspecified atom stereocenters. The van der Waals surface area contributed by atoms with E-state index < -0.39 is 28.3 Å². The molecule has 140 valence electrons.